The number of rotatable bonds is 5. The van der Waals surface area contributed by atoms with E-state index in [-0.39, 0.29) is 18.3 Å². The van der Waals surface area contributed by atoms with E-state index in [1.165, 1.54) is 4.90 Å². The largest absolute Gasteiger partial charge is 0.462 e. The molecule has 4 atom stereocenters. The van der Waals surface area contributed by atoms with Gasteiger partial charge in [-0.1, -0.05) is 64.5 Å². The third-order valence-electron chi connectivity index (χ3n) is 7.46. The monoisotopic (exact) mass is 570 g/mol. The molecule has 0 N–H and O–H groups in total. The highest BCUT2D eigenvalue weighted by Crippen LogP contribution is 2.48. The molecule has 0 spiro atoms. The molecule has 0 unspecified atom stereocenters. The Kier molecular flexibility index (Phi) is 5.99. The minimum Gasteiger partial charge on any atom is -0.462 e. The van der Waals surface area contributed by atoms with E-state index in [4.69, 9.17) is 4.74 Å². The number of nitrogens with zero attached hydrogens (tertiary/aromatic N) is 2. The van der Waals surface area contributed by atoms with E-state index in [2.05, 4.69) is 15.9 Å². The van der Waals surface area contributed by atoms with E-state index in [0.717, 1.165) is 15.2 Å². The lowest BCUT2D eigenvalue weighted by Gasteiger charge is -2.32. The maximum absolute atomic E-state index is 14.1. The fraction of sp³-hybridized carbons (Fsp3) is 0.200. The van der Waals surface area contributed by atoms with Gasteiger partial charge in [0, 0.05) is 21.6 Å². The SMILES string of the molecule is CCOC(=O)C1=C[C@@H]2[C@@H]3C(=O)N(c4cccc5ccccc45)C(=O)[C@H]3[C@H](C(=O)c3ccc(Br)cc3)N2C=C1. The van der Waals surface area contributed by atoms with E-state index < -0.39 is 35.8 Å². The fourth-order valence-corrected chi connectivity index (χ4v) is 6.09. The lowest BCUT2D eigenvalue weighted by Crippen LogP contribution is -2.46. The number of imide groups is 1. The van der Waals surface area contributed by atoms with Gasteiger partial charge in [0.1, 0.15) is 6.04 Å². The summed E-state index contributed by atoms with van der Waals surface area (Å²) in [7, 11) is 0. The van der Waals surface area contributed by atoms with Crippen LogP contribution < -0.4 is 4.90 Å². The second-order valence-corrected chi connectivity index (χ2v) is 10.4. The van der Waals surface area contributed by atoms with Crippen LogP contribution in [0, 0.1) is 11.8 Å². The third kappa shape index (κ3) is 3.70. The van der Waals surface area contributed by atoms with Gasteiger partial charge in [-0.15, -0.1) is 0 Å². The molecule has 2 amide bonds. The van der Waals surface area contributed by atoms with Gasteiger partial charge >= 0.3 is 5.97 Å². The van der Waals surface area contributed by atoms with Gasteiger partial charge in [0.15, 0.2) is 5.78 Å². The number of hydrogen-bond acceptors (Lipinski definition) is 6. The van der Waals surface area contributed by atoms with Crippen LogP contribution in [-0.2, 0) is 19.1 Å². The van der Waals surface area contributed by atoms with Gasteiger partial charge in [-0.25, -0.2) is 9.69 Å². The first-order valence-corrected chi connectivity index (χ1v) is 13.2. The summed E-state index contributed by atoms with van der Waals surface area (Å²) in [4.78, 5) is 57.5. The second kappa shape index (κ2) is 9.36. The Morgan fingerprint density at radius 3 is 2.39 bits per heavy atom. The highest BCUT2D eigenvalue weighted by Gasteiger charge is 2.63. The number of carbonyl (C=O) groups is 4. The number of esters is 1. The Bertz CT molecular complexity index is 1560. The minimum absolute atomic E-state index is 0.210. The number of ketones is 1. The summed E-state index contributed by atoms with van der Waals surface area (Å²) >= 11 is 3.39. The molecule has 3 aliphatic heterocycles. The summed E-state index contributed by atoms with van der Waals surface area (Å²) in [5, 5.41) is 1.67. The molecule has 3 aromatic rings. The molecule has 190 valence electrons. The van der Waals surface area contributed by atoms with Crippen molar-refractivity contribution in [2.24, 2.45) is 11.8 Å². The van der Waals surface area contributed by atoms with E-state index in [1.54, 1.807) is 60.5 Å². The number of carbonyl (C=O) groups excluding carboxylic acids is 4. The summed E-state index contributed by atoms with van der Waals surface area (Å²) in [6, 6.07) is 18.4. The molecular weight excluding hydrogens is 548 g/mol. The van der Waals surface area contributed by atoms with Crippen LogP contribution in [0.1, 0.15) is 17.3 Å². The van der Waals surface area contributed by atoms with Crippen molar-refractivity contribution >= 4 is 56.0 Å². The average Bonchev–Trinajstić information content (AvgIpc) is 3.40. The number of halogens is 1. The number of hydrogen-bond donors (Lipinski definition) is 0. The minimum atomic E-state index is -0.912. The third-order valence-corrected chi connectivity index (χ3v) is 7.99. The van der Waals surface area contributed by atoms with E-state index in [0.29, 0.717) is 16.8 Å². The van der Waals surface area contributed by atoms with E-state index >= 15 is 0 Å². The maximum Gasteiger partial charge on any atom is 0.337 e. The second-order valence-electron chi connectivity index (χ2n) is 9.47. The number of Topliss-reactive ketones (excluding diaryl/α,β-unsaturated/α-hetero) is 1. The first kappa shape index (κ1) is 24.3. The van der Waals surface area contributed by atoms with Crippen molar-refractivity contribution in [1.82, 2.24) is 4.90 Å². The molecule has 8 heteroatoms. The van der Waals surface area contributed by atoms with Crippen molar-refractivity contribution < 1.29 is 23.9 Å². The number of fused-ring (bicyclic) bond motifs is 4. The molecule has 0 bridgehead atoms. The summed E-state index contributed by atoms with van der Waals surface area (Å²) < 4.78 is 6.00. The molecule has 2 fully saturated rings. The fourth-order valence-electron chi connectivity index (χ4n) is 5.82. The predicted octanol–water partition coefficient (Wildman–Crippen LogP) is 4.66. The van der Waals surface area contributed by atoms with Crippen molar-refractivity contribution in [1.29, 1.82) is 0 Å². The van der Waals surface area contributed by atoms with Crippen molar-refractivity contribution in [2.45, 2.75) is 19.0 Å². The van der Waals surface area contributed by atoms with E-state index in [9.17, 15) is 19.2 Å². The molecule has 3 heterocycles. The van der Waals surface area contributed by atoms with Crippen LogP contribution in [0.5, 0.6) is 0 Å². The van der Waals surface area contributed by atoms with Crippen LogP contribution in [0.25, 0.3) is 10.8 Å². The summed E-state index contributed by atoms with van der Waals surface area (Å²) in [5.74, 6) is -3.31. The summed E-state index contributed by atoms with van der Waals surface area (Å²) in [5.41, 5.74) is 1.23. The lowest BCUT2D eigenvalue weighted by molar-refractivity contribution is -0.138. The molecule has 3 aromatic carbocycles. The average molecular weight is 571 g/mol. The molecular formula is C30H23BrN2O5. The van der Waals surface area contributed by atoms with Gasteiger partial charge in [0.05, 0.1) is 35.7 Å². The van der Waals surface area contributed by atoms with Crippen LogP contribution >= 0.6 is 15.9 Å². The van der Waals surface area contributed by atoms with Gasteiger partial charge in [-0.3, -0.25) is 14.4 Å². The Balaban J connectivity index is 1.47. The number of anilines is 1. The summed E-state index contributed by atoms with van der Waals surface area (Å²) in [6.45, 7) is 1.93. The van der Waals surface area contributed by atoms with Crippen LogP contribution in [0.3, 0.4) is 0 Å². The predicted molar refractivity (Wildman–Crippen MR) is 145 cm³/mol. The van der Waals surface area contributed by atoms with Crippen molar-refractivity contribution in [3.05, 3.63) is 101 Å². The molecule has 0 aliphatic carbocycles. The van der Waals surface area contributed by atoms with Crippen molar-refractivity contribution in [3.63, 3.8) is 0 Å². The molecule has 0 saturated carbocycles. The number of amides is 2. The van der Waals surface area contributed by atoms with Crippen molar-refractivity contribution in [3.8, 4) is 0 Å². The topological polar surface area (TPSA) is 84.0 Å². The Morgan fingerprint density at radius 2 is 1.63 bits per heavy atom. The zero-order chi connectivity index (χ0) is 26.6. The molecule has 0 radical (unpaired) electrons. The van der Waals surface area contributed by atoms with Crippen LogP contribution in [-0.4, -0.2) is 47.2 Å². The molecule has 3 aliphatic rings. The van der Waals surface area contributed by atoms with E-state index in [1.807, 2.05) is 36.4 Å². The Hall–Kier alpha value is -4.04. The van der Waals surface area contributed by atoms with Crippen LogP contribution in [0.15, 0.2) is 95.1 Å². The quantitative estimate of drug-likeness (QED) is 0.252. The smallest absolute Gasteiger partial charge is 0.337 e. The Labute approximate surface area is 227 Å². The van der Waals surface area contributed by atoms with Gasteiger partial charge in [0.2, 0.25) is 11.8 Å². The normalized spacial score (nSPS) is 23.9. The van der Waals surface area contributed by atoms with Crippen LogP contribution in [0.2, 0.25) is 0 Å². The number of ether oxygens (including phenoxy) is 1. The van der Waals surface area contributed by atoms with Gasteiger partial charge in [0.25, 0.3) is 0 Å². The lowest BCUT2D eigenvalue weighted by atomic mass is 9.86. The molecule has 38 heavy (non-hydrogen) atoms. The maximum atomic E-state index is 14.1. The van der Waals surface area contributed by atoms with Gasteiger partial charge in [-0.2, -0.15) is 0 Å². The highest BCUT2D eigenvalue weighted by molar-refractivity contribution is 9.10. The molecule has 6 rings (SSSR count). The molecule has 7 nitrogen and oxygen atoms in total. The highest BCUT2D eigenvalue weighted by atomic mass is 79.9. The zero-order valence-corrected chi connectivity index (χ0v) is 22.0. The van der Waals surface area contributed by atoms with Gasteiger partial charge in [-0.05, 0) is 42.7 Å². The Morgan fingerprint density at radius 1 is 0.921 bits per heavy atom. The van der Waals surface area contributed by atoms with Gasteiger partial charge < -0.3 is 9.64 Å². The number of benzene rings is 3. The summed E-state index contributed by atoms with van der Waals surface area (Å²) in [6.07, 6.45) is 4.87. The van der Waals surface area contributed by atoms with Crippen LogP contribution in [0.4, 0.5) is 5.69 Å². The first-order chi connectivity index (χ1) is 18.4. The molecule has 0 aromatic heterocycles. The van der Waals surface area contributed by atoms with Crippen molar-refractivity contribution in [2.75, 3.05) is 11.5 Å². The first-order valence-electron chi connectivity index (χ1n) is 12.4. The standard InChI is InChI=1S/C30H23BrN2O5/c1-2-38-30(37)19-14-15-32-23(16-19)24-25(26(32)27(34)18-10-12-20(31)13-11-18)29(36)33(28(24)35)22-9-5-7-17-6-3-4-8-21(17)22/h3-16,23-26H,2H2,1H3/t23-,24+,25-,26-/m1/s1. The molecule has 2 saturated heterocycles. The zero-order valence-electron chi connectivity index (χ0n) is 20.4.